The largest absolute Gasteiger partial charge is 0.497 e. The molecule has 2 aromatic rings. The predicted molar refractivity (Wildman–Crippen MR) is 101 cm³/mol. The SMILES string of the molecule is COc1ccc(S(=O)(=O)[C@H](CNC(=O)C(=O)NC2CC2)c2cccnc2)cc1. The summed E-state index contributed by atoms with van der Waals surface area (Å²) >= 11 is 0. The summed E-state index contributed by atoms with van der Waals surface area (Å²) in [5.41, 5.74) is 0.418. The van der Waals surface area contributed by atoms with Gasteiger partial charge in [-0.3, -0.25) is 14.6 Å². The second-order valence-corrected chi connectivity index (χ2v) is 8.58. The molecule has 1 heterocycles. The molecule has 0 aliphatic heterocycles. The highest BCUT2D eigenvalue weighted by Gasteiger charge is 2.31. The Balaban J connectivity index is 1.81. The molecule has 2 N–H and O–H groups in total. The molecule has 1 aliphatic carbocycles. The highest BCUT2D eigenvalue weighted by molar-refractivity contribution is 7.91. The number of amides is 2. The molecule has 28 heavy (non-hydrogen) atoms. The van der Waals surface area contributed by atoms with Crippen molar-refractivity contribution in [2.75, 3.05) is 13.7 Å². The number of nitrogens with zero attached hydrogens (tertiary/aromatic N) is 1. The van der Waals surface area contributed by atoms with E-state index in [2.05, 4.69) is 15.6 Å². The number of methoxy groups -OCH3 is 1. The number of benzene rings is 1. The van der Waals surface area contributed by atoms with Gasteiger partial charge in [-0.25, -0.2) is 8.42 Å². The Hall–Kier alpha value is -2.94. The third-order valence-electron chi connectivity index (χ3n) is 4.39. The van der Waals surface area contributed by atoms with Gasteiger partial charge in [0.25, 0.3) is 0 Å². The van der Waals surface area contributed by atoms with E-state index in [1.165, 1.54) is 31.6 Å². The first-order chi connectivity index (χ1) is 13.4. The van der Waals surface area contributed by atoms with Gasteiger partial charge in [-0.15, -0.1) is 0 Å². The van der Waals surface area contributed by atoms with Crippen LogP contribution in [0, 0.1) is 0 Å². The van der Waals surface area contributed by atoms with Crippen molar-refractivity contribution in [3.63, 3.8) is 0 Å². The van der Waals surface area contributed by atoms with Crippen LogP contribution in [0.5, 0.6) is 5.75 Å². The fraction of sp³-hybridized carbons (Fsp3) is 0.316. The molecular weight excluding hydrogens is 382 g/mol. The molecule has 0 spiro atoms. The number of sulfone groups is 1. The summed E-state index contributed by atoms with van der Waals surface area (Å²) in [5, 5.41) is 3.91. The summed E-state index contributed by atoms with van der Waals surface area (Å²) < 4.78 is 31.4. The molecule has 9 heteroatoms. The van der Waals surface area contributed by atoms with Crippen LogP contribution in [-0.2, 0) is 19.4 Å². The van der Waals surface area contributed by atoms with Gasteiger partial charge in [0.05, 0.1) is 12.0 Å². The molecule has 1 saturated carbocycles. The fourth-order valence-electron chi connectivity index (χ4n) is 2.65. The molecule has 0 unspecified atom stereocenters. The Kier molecular flexibility index (Phi) is 5.93. The minimum atomic E-state index is -3.85. The summed E-state index contributed by atoms with van der Waals surface area (Å²) in [6, 6.07) is 9.26. The van der Waals surface area contributed by atoms with Gasteiger partial charge in [0.15, 0.2) is 9.84 Å². The molecule has 148 valence electrons. The van der Waals surface area contributed by atoms with Crippen LogP contribution in [0.3, 0.4) is 0 Å². The van der Waals surface area contributed by atoms with Crippen molar-refractivity contribution < 1.29 is 22.7 Å². The average molecular weight is 403 g/mol. The van der Waals surface area contributed by atoms with Gasteiger partial charge in [0, 0.05) is 25.0 Å². The van der Waals surface area contributed by atoms with Crippen LogP contribution in [0.4, 0.5) is 0 Å². The number of hydrogen-bond acceptors (Lipinski definition) is 6. The van der Waals surface area contributed by atoms with Gasteiger partial charge in [-0.05, 0) is 48.7 Å². The topological polar surface area (TPSA) is 114 Å². The standard InChI is InChI=1S/C19H21N3O5S/c1-27-15-6-8-16(9-7-15)28(25,26)17(13-3-2-10-20-11-13)12-21-18(23)19(24)22-14-4-5-14/h2-3,6-11,14,17H,4-5,12H2,1H3,(H,21,23)(H,22,24)/t17-/m1/s1. The highest BCUT2D eigenvalue weighted by Crippen LogP contribution is 2.29. The summed E-state index contributed by atoms with van der Waals surface area (Å²) in [6.45, 7) is -0.253. The first-order valence-corrected chi connectivity index (χ1v) is 10.3. The van der Waals surface area contributed by atoms with Gasteiger partial charge in [0.1, 0.15) is 11.0 Å². The van der Waals surface area contributed by atoms with E-state index in [-0.39, 0.29) is 17.5 Å². The van der Waals surface area contributed by atoms with Gasteiger partial charge in [-0.1, -0.05) is 6.07 Å². The van der Waals surface area contributed by atoms with Crippen LogP contribution < -0.4 is 15.4 Å². The zero-order valence-corrected chi connectivity index (χ0v) is 16.1. The molecule has 1 atom stereocenters. The van der Waals surface area contributed by atoms with Crippen LogP contribution in [0.15, 0.2) is 53.7 Å². The first kappa shape index (κ1) is 19.8. The smallest absolute Gasteiger partial charge is 0.309 e. The Bertz CT molecular complexity index is 941. The van der Waals surface area contributed by atoms with Crippen LogP contribution in [0.25, 0.3) is 0 Å². The Morgan fingerprint density at radius 2 is 1.89 bits per heavy atom. The maximum atomic E-state index is 13.2. The number of hydrogen-bond donors (Lipinski definition) is 2. The number of nitrogens with one attached hydrogen (secondary N) is 2. The Labute approximate surface area is 163 Å². The number of ether oxygens (including phenoxy) is 1. The normalized spacial score (nSPS) is 14.8. The zero-order chi connectivity index (χ0) is 20.1. The lowest BCUT2D eigenvalue weighted by Gasteiger charge is -2.19. The molecule has 1 aromatic heterocycles. The second-order valence-electron chi connectivity index (χ2n) is 6.45. The summed E-state index contributed by atoms with van der Waals surface area (Å²) in [5.74, 6) is -1.08. The van der Waals surface area contributed by atoms with Gasteiger partial charge in [-0.2, -0.15) is 0 Å². The fourth-order valence-corrected chi connectivity index (χ4v) is 4.29. The molecule has 0 bridgehead atoms. The molecule has 0 radical (unpaired) electrons. The van der Waals surface area contributed by atoms with E-state index in [1.54, 1.807) is 24.3 Å². The van der Waals surface area contributed by atoms with Crippen LogP contribution in [0.2, 0.25) is 0 Å². The number of rotatable bonds is 7. The Morgan fingerprint density at radius 3 is 2.46 bits per heavy atom. The molecule has 0 saturated heterocycles. The number of pyridine rings is 1. The van der Waals surface area contributed by atoms with Crippen molar-refractivity contribution in [2.45, 2.75) is 29.0 Å². The third-order valence-corrected chi connectivity index (χ3v) is 6.50. The number of carbonyl (C=O) groups is 2. The minimum absolute atomic E-state index is 0.0374. The predicted octanol–water partition coefficient (Wildman–Crippen LogP) is 1.000. The summed E-state index contributed by atoms with van der Waals surface area (Å²) in [4.78, 5) is 27.9. The lowest BCUT2D eigenvalue weighted by molar-refractivity contribution is -0.139. The second kappa shape index (κ2) is 8.39. The molecule has 2 amide bonds. The molecular formula is C19H21N3O5S. The van der Waals surface area contributed by atoms with Crippen molar-refractivity contribution in [3.8, 4) is 5.75 Å². The number of aromatic nitrogens is 1. The van der Waals surface area contributed by atoms with E-state index in [0.29, 0.717) is 11.3 Å². The van der Waals surface area contributed by atoms with Crippen molar-refractivity contribution in [3.05, 3.63) is 54.4 Å². The van der Waals surface area contributed by atoms with E-state index >= 15 is 0 Å². The lowest BCUT2D eigenvalue weighted by Crippen LogP contribution is -2.43. The molecule has 3 rings (SSSR count). The van der Waals surface area contributed by atoms with Gasteiger partial charge in [0.2, 0.25) is 0 Å². The number of carbonyl (C=O) groups excluding carboxylic acids is 2. The van der Waals surface area contributed by atoms with E-state index in [1.807, 2.05) is 0 Å². The molecule has 1 aliphatic rings. The lowest BCUT2D eigenvalue weighted by atomic mass is 10.2. The molecule has 1 aromatic carbocycles. The van der Waals surface area contributed by atoms with Gasteiger partial charge < -0.3 is 15.4 Å². The van der Waals surface area contributed by atoms with Gasteiger partial charge >= 0.3 is 11.8 Å². The third kappa shape index (κ3) is 4.66. The van der Waals surface area contributed by atoms with Crippen molar-refractivity contribution in [2.24, 2.45) is 0 Å². The van der Waals surface area contributed by atoms with E-state index < -0.39 is 26.9 Å². The van der Waals surface area contributed by atoms with E-state index in [9.17, 15) is 18.0 Å². The van der Waals surface area contributed by atoms with Crippen molar-refractivity contribution in [1.82, 2.24) is 15.6 Å². The summed E-state index contributed by atoms with van der Waals surface area (Å²) in [6.07, 6.45) is 4.66. The highest BCUT2D eigenvalue weighted by atomic mass is 32.2. The van der Waals surface area contributed by atoms with Crippen molar-refractivity contribution >= 4 is 21.7 Å². The average Bonchev–Trinajstić information content (AvgIpc) is 3.52. The van der Waals surface area contributed by atoms with E-state index in [0.717, 1.165) is 12.8 Å². The molecule has 8 nitrogen and oxygen atoms in total. The zero-order valence-electron chi connectivity index (χ0n) is 15.3. The maximum absolute atomic E-state index is 13.2. The monoisotopic (exact) mass is 403 g/mol. The minimum Gasteiger partial charge on any atom is -0.497 e. The van der Waals surface area contributed by atoms with Crippen LogP contribution in [-0.4, -0.2) is 44.9 Å². The van der Waals surface area contributed by atoms with Crippen LogP contribution >= 0.6 is 0 Å². The maximum Gasteiger partial charge on any atom is 0.309 e. The van der Waals surface area contributed by atoms with Crippen LogP contribution in [0.1, 0.15) is 23.7 Å². The Morgan fingerprint density at radius 1 is 1.18 bits per heavy atom. The molecule has 1 fully saturated rings. The summed E-state index contributed by atoms with van der Waals surface area (Å²) in [7, 11) is -2.36. The first-order valence-electron chi connectivity index (χ1n) is 8.78. The quantitative estimate of drug-likeness (QED) is 0.667. The van der Waals surface area contributed by atoms with E-state index in [4.69, 9.17) is 4.74 Å². The van der Waals surface area contributed by atoms with Crippen molar-refractivity contribution in [1.29, 1.82) is 0 Å².